The first-order valence-electron chi connectivity index (χ1n) is 7.29. The number of benzene rings is 1. The molecular formula is C17H22N2O2. The molecule has 4 nitrogen and oxygen atoms in total. The van der Waals surface area contributed by atoms with Crippen LogP contribution in [0.3, 0.4) is 0 Å². The first-order valence-corrected chi connectivity index (χ1v) is 7.29. The fraction of sp³-hybridized carbons (Fsp3) is 0.412. The second-order valence-electron chi connectivity index (χ2n) is 5.59. The maximum absolute atomic E-state index is 12.3. The molecule has 0 atom stereocenters. The van der Waals surface area contributed by atoms with E-state index >= 15 is 0 Å². The van der Waals surface area contributed by atoms with E-state index in [0.717, 1.165) is 6.42 Å². The Morgan fingerprint density at radius 1 is 1.29 bits per heavy atom. The van der Waals surface area contributed by atoms with Crippen LogP contribution in [-0.4, -0.2) is 17.6 Å². The number of nitrogens with one attached hydrogen (secondary N) is 1. The minimum atomic E-state index is -0.106. The van der Waals surface area contributed by atoms with Crippen molar-refractivity contribution in [2.24, 2.45) is 0 Å². The third-order valence-corrected chi connectivity index (χ3v) is 3.58. The van der Waals surface area contributed by atoms with E-state index in [0.29, 0.717) is 23.6 Å². The monoisotopic (exact) mass is 286 g/mol. The molecule has 0 aliphatic heterocycles. The molecule has 0 unspecified atom stereocenters. The summed E-state index contributed by atoms with van der Waals surface area (Å²) in [5, 5.41) is 6.86. The molecule has 0 saturated carbocycles. The molecule has 1 aromatic carbocycles. The molecule has 0 aliphatic rings. The minimum absolute atomic E-state index is 0.106. The van der Waals surface area contributed by atoms with E-state index in [-0.39, 0.29) is 11.8 Å². The highest BCUT2D eigenvalue weighted by atomic mass is 16.5. The van der Waals surface area contributed by atoms with Gasteiger partial charge in [-0.3, -0.25) is 4.79 Å². The van der Waals surface area contributed by atoms with E-state index < -0.39 is 0 Å². The summed E-state index contributed by atoms with van der Waals surface area (Å²) in [7, 11) is 0. The number of carbonyl (C=O) groups excluding carboxylic acids is 1. The predicted octanol–water partition coefficient (Wildman–Crippen LogP) is 3.39. The molecule has 1 amide bonds. The molecule has 2 rings (SSSR count). The highest BCUT2D eigenvalue weighted by Gasteiger charge is 2.22. The van der Waals surface area contributed by atoms with Gasteiger partial charge >= 0.3 is 0 Å². The van der Waals surface area contributed by atoms with Crippen molar-refractivity contribution in [1.29, 1.82) is 0 Å². The van der Waals surface area contributed by atoms with Crippen molar-refractivity contribution in [2.45, 2.75) is 40.0 Å². The van der Waals surface area contributed by atoms with Crippen LogP contribution in [-0.2, 0) is 6.42 Å². The molecule has 0 bridgehead atoms. The van der Waals surface area contributed by atoms with E-state index in [9.17, 15) is 4.79 Å². The Balaban J connectivity index is 2.00. The van der Waals surface area contributed by atoms with Crippen LogP contribution in [0.4, 0.5) is 0 Å². The molecule has 1 heterocycles. The van der Waals surface area contributed by atoms with Gasteiger partial charge in [0.15, 0.2) is 5.76 Å². The number of rotatable bonds is 5. The van der Waals surface area contributed by atoms with Crippen LogP contribution in [0.1, 0.15) is 52.7 Å². The molecule has 2 aromatic rings. The van der Waals surface area contributed by atoms with Crippen LogP contribution in [0, 0.1) is 13.8 Å². The Labute approximate surface area is 125 Å². The van der Waals surface area contributed by atoms with Crippen molar-refractivity contribution in [3.8, 4) is 0 Å². The zero-order valence-electron chi connectivity index (χ0n) is 13.1. The summed E-state index contributed by atoms with van der Waals surface area (Å²) < 4.78 is 5.25. The molecular weight excluding hydrogens is 264 g/mol. The van der Waals surface area contributed by atoms with E-state index in [1.165, 1.54) is 11.1 Å². The SMILES string of the molecule is Cc1ccccc1CCNC(=O)c1c(C)noc1C(C)C. The smallest absolute Gasteiger partial charge is 0.256 e. The number of aryl methyl sites for hydroxylation is 2. The number of carbonyl (C=O) groups is 1. The number of hydrogen-bond donors (Lipinski definition) is 1. The highest BCUT2D eigenvalue weighted by Crippen LogP contribution is 2.22. The molecule has 0 fully saturated rings. The lowest BCUT2D eigenvalue weighted by Crippen LogP contribution is -2.27. The zero-order valence-corrected chi connectivity index (χ0v) is 13.1. The summed E-state index contributed by atoms with van der Waals surface area (Å²) in [6, 6.07) is 8.21. The van der Waals surface area contributed by atoms with Gasteiger partial charge in [0.1, 0.15) is 5.56 Å². The summed E-state index contributed by atoms with van der Waals surface area (Å²) in [6.45, 7) is 8.46. The second-order valence-corrected chi connectivity index (χ2v) is 5.59. The average Bonchev–Trinajstić information content (AvgIpc) is 2.83. The molecule has 112 valence electrons. The van der Waals surface area contributed by atoms with Crippen LogP contribution in [0.15, 0.2) is 28.8 Å². The van der Waals surface area contributed by atoms with Gasteiger partial charge in [-0.25, -0.2) is 0 Å². The Morgan fingerprint density at radius 2 is 2.00 bits per heavy atom. The van der Waals surface area contributed by atoms with Crippen molar-refractivity contribution < 1.29 is 9.32 Å². The Hall–Kier alpha value is -2.10. The van der Waals surface area contributed by atoms with E-state index in [1.54, 1.807) is 6.92 Å². The van der Waals surface area contributed by atoms with Gasteiger partial charge in [0.25, 0.3) is 5.91 Å². The minimum Gasteiger partial charge on any atom is -0.360 e. The molecule has 0 aliphatic carbocycles. The summed E-state index contributed by atoms with van der Waals surface area (Å²) in [6.07, 6.45) is 0.819. The van der Waals surface area contributed by atoms with Gasteiger partial charge in [0.05, 0.1) is 5.69 Å². The third kappa shape index (κ3) is 3.51. The first kappa shape index (κ1) is 15.3. The van der Waals surface area contributed by atoms with Crippen LogP contribution < -0.4 is 5.32 Å². The van der Waals surface area contributed by atoms with Crippen LogP contribution >= 0.6 is 0 Å². The Bertz CT molecular complexity index is 629. The van der Waals surface area contributed by atoms with E-state index in [4.69, 9.17) is 4.52 Å². The summed E-state index contributed by atoms with van der Waals surface area (Å²) in [4.78, 5) is 12.3. The fourth-order valence-electron chi connectivity index (χ4n) is 2.35. The zero-order chi connectivity index (χ0) is 15.4. The Kier molecular flexibility index (Phi) is 4.78. The first-order chi connectivity index (χ1) is 10.0. The summed E-state index contributed by atoms with van der Waals surface area (Å²) in [5.41, 5.74) is 3.72. The maximum Gasteiger partial charge on any atom is 0.256 e. The highest BCUT2D eigenvalue weighted by molar-refractivity contribution is 5.96. The third-order valence-electron chi connectivity index (χ3n) is 3.58. The van der Waals surface area contributed by atoms with Crippen molar-refractivity contribution in [3.05, 3.63) is 52.4 Å². The molecule has 1 aromatic heterocycles. The largest absolute Gasteiger partial charge is 0.360 e. The molecule has 4 heteroatoms. The number of nitrogens with zero attached hydrogens (tertiary/aromatic N) is 1. The predicted molar refractivity (Wildman–Crippen MR) is 82.5 cm³/mol. The van der Waals surface area contributed by atoms with Crippen molar-refractivity contribution in [1.82, 2.24) is 10.5 Å². The molecule has 0 saturated heterocycles. The van der Waals surface area contributed by atoms with Gasteiger partial charge in [-0.05, 0) is 31.4 Å². The normalized spacial score (nSPS) is 10.9. The average molecular weight is 286 g/mol. The van der Waals surface area contributed by atoms with Gasteiger partial charge in [-0.15, -0.1) is 0 Å². The van der Waals surface area contributed by atoms with Gasteiger partial charge in [-0.1, -0.05) is 43.3 Å². The second kappa shape index (κ2) is 6.57. The van der Waals surface area contributed by atoms with Gasteiger partial charge in [0, 0.05) is 12.5 Å². The number of hydrogen-bond acceptors (Lipinski definition) is 3. The molecule has 1 N–H and O–H groups in total. The fourth-order valence-corrected chi connectivity index (χ4v) is 2.35. The summed E-state index contributed by atoms with van der Waals surface area (Å²) >= 11 is 0. The lowest BCUT2D eigenvalue weighted by atomic mass is 10.0. The Morgan fingerprint density at radius 3 is 2.67 bits per heavy atom. The van der Waals surface area contributed by atoms with Crippen molar-refractivity contribution in [3.63, 3.8) is 0 Å². The molecule has 0 spiro atoms. The quantitative estimate of drug-likeness (QED) is 0.916. The standard InChI is InChI=1S/C17H22N2O2/c1-11(2)16-15(13(4)19-21-16)17(20)18-10-9-14-8-6-5-7-12(14)3/h5-8,11H,9-10H2,1-4H3,(H,18,20). The van der Waals surface area contributed by atoms with E-state index in [1.807, 2.05) is 26.0 Å². The molecule has 21 heavy (non-hydrogen) atoms. The number of aromatic nitrogens is 1. The van der Waals surface area contributed by atoms with Gasteiger partial charge in [-0.2, -0.15) is 0 Å². The number of amides is 1. The van der Waals surface area contributed by atoms with Crippen LogP contribution in [0.25, 0.3) is 0 Å². The van der Waals surface area contributed by atoms with Crippen LogP contribution in [0.2, 0.25) is 0 Å². The van der Waals surface area contributed by atoms with Crippen LogP contribution in [0.5, 0.6) is 0 Å². The maximum atomic E-state index is 12.3. The van der Waals surface area contributed by atoms with Crippen molar-refractivity contribution >= 4 is 5.91 Å². The van der Waals surface area contributed by atoms with E-state index in [2.05, 4.69) is 29.5 Å². The van der Waals surface area contributed by atoms with Crippen molar-refractivity contribution in [2.75, 3.05) is 6.54 Å². The van der Waals surface area contributed by atoms with Gasteiger partial charge in [0.2, 0.25) is 0 Å². The van der Waals surface area contributed by atoms with Gasteiger partial charge < -0.3 is 9.84 Å². The lowest BCUT2D eigenvalue weighted by molar-refractivity contribution is 0.0951. The topological polar surface area (TPSA) is 55.1 Å². The lowest BCUT2D eigenvalue weighted by Gasteiger charge is -2.08. The summed E-state index contributed by atoms with van der Waals surface area (Å²) in [5.74, 6) is 0.690. The molecule has 0 radical (unpaired) electrons.